The van der Waals surface area contributed by atoms with Crippen molar-refractivity contribution in [3.63, 3.8) is 0 Å². The summed E-state index contributed by atoms with van der Waals surface area (Å²) in [5, 5.41) is 2.18. The van der Waals surface area contributed by atoms with Crippen molar-refractivity contribution < 1.29 is 33.2 Å². The summed E-state index contributed by atoms with van der Waals surface area (Å²) in [6, 6.07) is 60.1. The largest absolute Gasteiger partial charge is 0.476 e. The Morgan fingerprint density at radius 2 is 0.797 bits per heavy atom. The zero-order chi connectivity index (χ0) is 49.8. The molecule has 0 saturated carbocycles. The molecule has 9 aromatic rings. The molecule has 9 aromatic carbocycles. The van der Waals surface area contributed by atoms with E-state index in [1.165, 1.54) is 60.8 Å². The second kappa shape index (κ2) is 20.8. The lowest BCUT2D eigenvalue weighted by Crippen LogP contribution is -2.17. The van der Waals surface area contributed by atoms with Gasteiger partial charge in [-0.25, -0.2) is 0 Å². The molecule has 74 heavy (non-hydrogen) atoms. The number of benzene rings is 9. The van der Waals surface area contributed by atoms with Gasteiger partial charge in [-0.1, -0.05) is 92.4 Å². The topological polar surface area (TPSA) is 64.6 Å². The Kier molecular flexibility index (Phi) is 13.2. The molecule has 8 heteroatoms. The molecule has 11 heterocycles. The molecule has 7 nitrogen and oxygen atoms in total. The number of hydrogen-bond donors (Lipinski definition) is 0. The summed E-state index contributed by atoms with van der Waals surface area (Å²) in [5.74, 6) is 9.39. The van der Waals surface area contributed by atoms with Crippen molar-refractivity contribution in [2.75, 3.05) is 0 Å². The van der Waals surface area contributed by atoms with E-state index in [9.17, 15) is 0 Å². The van der Waals surface area contributed by atoms with Crippen LogP contribution in [0.1, 0.15) is 81.0 Å². The first kappa shape index (κ1) is 47.0. The number of hydrogen-bond acceptors (Lipinski definition) is 8. The third-order valence-corrected chi connectivity index (χ3v) is 14.8. The molecule has 0 amide bonds. The van der Waals surface area contributed by atoms with Crippen LogP contribution in [0.5, 0.6) is 74.7 Å². The van der Waals surface area contributed by atoms with Gasteiger partial charge in [-0.15, -0.1) is 0 Å². The van der Waals surface area contributed by atoms with E-state index in [0.29, 0.717) is 57.5 Å². The molecule has 0 saturated heterocycles. The minimum atomic E-state index is -0.405. The van der Waals surface area contributed by atoms with Crippen molar-refractivity contribution in [2.45, 2.75) is 81.5 Å². The van der Waals surface area contributed by atoms with Gasteiger partial charge in [0.2, 0.25) is 0 Å². The lowest BCUT2D eigenvalue weighted by atomic mass is 9.83. The lowest BCUT2D eigenvalue weighted by molar-refractivity contribution is 0.215. The van der Waals surface area contributed by atoms with E-state index in [1.54, 1.807) is 11.8 Å². The lowest BCUT2D eigenvalue weighted by Gasteiger charge is -2.24. The Labute approximate surface area is 437 Å². The van der Waals surface area contributed by atoms with Gasteiger partial charge >= 0.3 is 0 Å². The predicted octanol–water partition coefficient (Wildman–Crippen LogP) is 19.8. The number of aryl methyl sites for hydroxylation is 1. The zero-order valence-corrected chi connectivity index (χ0v) is 42.4. The fourth-order valence-corrected chi connectivity index (χ4v) is 11.1. The summed E-state index contributed by atoms with van der Waals surface area (Å²) in [7, 11) is 0. The van der Waals surface area contributed by atoms with E-state index in [2.05, 4.69) is 74.5 Å². The van der Waals surface area contributed by atoms with E-state index >= 15 is 0 Å². The van der Waals surface area contributed by atoms with Crippen molar-refractivity contribution in [1.82, 2.24) is 0 Å². The smallest absolute Gasteiger partial charge is 0.153 e. The van der Waals surface area contributed by atoms with E-state index in [4.69, 9.17) is 33.2 Å². The van der Waals surface area contributed by atoms with E-state index in [0.717, 1.165) is 63.3 Å². The second-order valence-electron chi connectivity index (χ2n) is 19.5. The van der Waals surface area contributed by atoms with Crippen LogP contribution >= 0.6 is 11.8 Å². The van der Waals surface area contributed by atoms with Crippen LogP contribution in [-0.4, -0.2) is 4.93 Å². The first-order chi connectivity index (χ1) is 36.3. The summed E-state index contributed by atoms with van der Waals surface area (Å²) in [6.07, 6.45) is 14.8. The average Bonchev–Trinajstić information content (AvgIpc) is 3.75. The molecule has 0 fully saturated rings. The molecule has 0 N–H and O–H groups in total. The van der Waals surface area contributed by atoms with Crippen LogP contribution in [0.15, 0.2) is 187 Å². The van der Waals surface area contributed by atoms with Gasteiger partial charge in [-0.2, -0.15) is 0 Å². The summed E-state index contributed by atoms with van der Waals surface area (Å²) in [6.45, 7) is 4.28. The molecule has 11 aliphatic heterocycles. The number of thioether (sulfide) groups is 1. The monoisotopic (exact) mass is 992 g/mol. The first-order valence-corrected chi connectivity index (χ1v) is 26.6. The van der Waals surface area contributed by atoms with Gasteiger partial charge in [0, 0.05) is 10.9 Å². The highest BCUT2D eigenvalue weighted by molar-refractivity contribution is 8.00. The van der Waals surface area contributed by atoms with Crippen LogP contribution in [-0.2, 0) is 12.8 Å². The molecular formula is C66H56O7S. The zero-order valence-electron chi connectivity index (χ0n) is 41.6. The fraction of sp³-hybridized carbons (Fsp3) is 0.182. The molecule has 12 bridgehead atoms. The SMILES string of the molecule is CC1(C)Oc2cc3c4c(c5c(c3cc2S1)Oc1ccc(cc1)Oc1ccc(cc1)Oc1ccc(cc1)Oc1ccc(cc1)Oc1ccc(cc1)Oc1ccc(cc1)/C=C\5)CCCCCCCCCc1ccccc1-4. The Hall–Kier alpha value is -8.07. The van der Waals surface area contributed by atoms with Gasteiger partial charge in [0.25, 0.3) is 0 Å². The normalized spacial score (nSPS) is 15.6. The van der Waals surface area contributed by atoms with Crippen LogP contribution in [0.4, 0.5) is 0 Å². The van der Waals surface area contributed by atoms with E-state index in [-0.39, 0.29) is 0 Å². The van der Waals surface area contributed by atoms with Crippen molar-refractivity contribution in [3.05, 3.63) is 204 Å². The van der Waals surface area contributed by atoms with Crippen LogP contribution < -0.4 is 33.2 Å². The highest BCUT2D eigenvalue weighted by Gasteiger charge is 2.33. The van der Waals surface area contributed by atoms with E-state index in [1.807, 2.05) is 133 Å². The highest BCUT2D eigenvalue weighted by atomic mass is 32.2. The number of ether oxygens (including phenoxy) is 7. The molecule has 12 aliphatic rings. The maximum atomic E-state index is 7.28. The van der Waals surface area contributed by atoms with Crippen molar-refractivity contribution in [3.8, 4) is 85.9 Å². The quantitative estimate of drug-likeness (QED) is 0.149. The molecule has 0 unspecified atom stereocenters. The molecule has 0 aromatic heterocycles. The fourth-order valence-electron chi connectivity index (χ4n) is 10.1. The molecule has 0 atom stereocenters. The summed E-state index contributed by atoms with van der Waals surface area (Å²) in [5.41, 5.74) is 7.33. The van der Waals surface area contributed by atoms with Gasteiger partial charge in [-0.3, -0.25) is 0 Å². The Balaban J connectivity index is 0.967. The number of fused-ring (bicyclic) bond motifs is 6. The molecular weight excluding hydrogens is 937 g/mol. The molecule has 21 rings (SSSR count). The third-order valence-electron chi connectivity index (χ3n) is 13.7. The molecule has 1 aliphatic carbocycles. The Bertz CT molecular complexity index is 3460. The van der Waals surface area contributed by atoms with Crippen molar-refractivity contribution >= 4 is 34.7 Å². The predicted molar refractivity (Wildman–Crippen MR) is 298 cm³/mol. The van der Waals surface area contributed by atoms with Crippen LogP contribution in [0.2, 0.25) is 0 Å². The van der Waals surface area contributed by atoms with Gasteiger partial charge in [0.05, 0.1) is 4.90 Å². The van der Waals surface area contributed by atoms with Crippen molar-refractivity contribution in [1.29, 1.82) is 0 Å². The van der Waals surface area contributed by atoms with Crippen LogP contribution in [0.3, 0.4) is 0 Å². The van der Waals surface area contributed by atoms with Gasteiger partial charge in [0.1, 0.15) is 74.7 Å². The summed E-state index contributed by atoms with van der Waals surface area (Å²) in [4.78, 5) is 0.697. The van der Waals surface area contributed by atoms with Crippen LogP contribution in [0.25, 0.3) is 34.1 Å². The second-order valence-corrected chi connectivity index (χ2v) is 21.2. The van der Waals surface area contributed by atoms with Gasteiger partial charge < -0.3 is 33.2 Å². The minimum absolute atomic E-state index is 0.405. The van der Waals surface area contributed by atoms with Gasteiger partial charge in [-0.05, 0) is 218 Å². The molecule has 0 spiro atoms. The number of rotatable bonds is 0. The maximum Gasteiger partial charge on any atom is 0.153 e. The Morgan fingerprint density at radius 3 is 1.27 bits per heavy atom. The maximum absolute atomic E-state index is 7.28. The van der Waals surface area contributed by atoms with Crippen molar-refractivity contribution in [2.24, 2.45) is 0 Å². The minimum Gasteiger partial charge on any atom is -0.476 e. The van der Waals surface area contributed by atoms with Crippen LogP contribution in [0, 0.1) is 0 Å². The van der Waals surface area contributed by atoms with Gasteiger partial charge in [0.15, 0.2) is 4.93 Å². The van der Waals surface area contributed by atoms with E-state index < -0.39 is 4.93 Å². The molecule has 368 valence electrons. The summed E-state index contributed by atoms with van der Waals surface area (Å²) < 4.78 is 45.2. The highest BCUT2D eigenvalue weighted by Crippen LogP contribution is 2.54. The standard InChI is InChI=1S/C66H56O7S/c1-66(2)73-62-42-60-61(43-63(62)74-66)65-59(58-15-9-7-5-3-4-6-8-12-45-13-10-11-14-57(45)64(58)60)41-18-44-16-19-46(20-17-44)67-47-21-23-48(24-22-47)68-49-25-27-50(28-26-49)69-51-29-31-52(32-30-51)70-53-33-35-54(36-34-53)71-55-37-39-56(72-65)40-38-55/h10-11,13-14,16-43H,3-9,12,15H2,1-2H3/b41-18-. The third kappa shape index (κ3) is 10.7. The summed E-state index contributed by atoms with van der Waals surface area (Å²) >= 11 is 1.75. The average molecular weight is 993 g/mol. The first-order valence-electron chi connectivity index (χ1n) is 25.8. The Morgan fingerprint density at radius 1 is 0.392 bits per heavy atom. The molecule has 0 radical (unpaired) electrons.